The molecule has 2 rings (SSSR count). The van der Waals surface area contributed by atoms with Gasteiger partial charge in [0, 0.05) is 5.69 Å². The first-order valence-corrected chi connectivity index (χ1v) is 8.40. The molecular formula is C20H24N2O4. The van der Waals surface area contributed by atoms with E-state index in [9.17, 15) is 9.59 Å². The van der Waals surface area contributed by atoms with Gasteiger partial charge in [-0.2, -0.15) is 0 Å². The van der Waals surface area contributed by atoms with E-state index in [0.717, 1.165) is 16.7 Å². The van der Waals surface area contributed by atoms with E-state index >= 15 is 0 Å². The molecule has 0 saturated heterocycles. The summed E-state index contributed by atoms with van der Waals surface area (Å²) < 4.78 is 10.4. The van der Waals surface area contributed by atoms with Crippen LogP contribution in [0.2, 0.25) is 0 Å². The van der Waals surface area contributed by atoms with Gasteiger partial charge < -0.3 is 14.8 Å². The minimum absolute atomic E-state index is 0.144. The fraction of sp³-hybridized carbons (Fsp3) is 0.300. The SMILES string of the molecule is Cc1cccc(OC(=O)NC[C@@H](C)OC(=O)Nc2cc(C)ccc2C)c1. The highest BCUT2D eigenvalue weighted by molar-refractivity contribution is 5.85. The number of nitrogens with one attached hydrogen (secondary N) is 2. The van der Waals surface area contributed by atoms with Crippen molar-refractivity contribution in [3.05, 3.63) is 59.2 Å². The van der Waals surface area contributed by atoms with E-state index in [-0.39, 0.29) is 6.54 Å². The van der Waals surface area contributed by atoms with Crippen molar-refractivity contribution in [1.29, 1.82) is 0 Å². The van der Waals surface area contributed by atoms with Crippen LogP contribution >= 0.6 is 0 Å². The predicted octanol–water partition coefficient (Wildman–Crippen LogP) is 4.34. The molecule has 6 heteroatoms. The van der Waals surface area contributed by atoms with E-state index < -0.39 is 18.3 Å². The number of ether oxygens (including phenoxy) is 2. The number of rotatable bonds is 5. The minimum Gasteiger partial charge on any atom is -0.444 e. The lowest BCUT2D eigenvalue weighted by Crippen LogP contribution is -2.35. The molecule has 0 fully saturated rings. The van der Waals surface area contributed by atoms with Crippen molar-refractivity contribution in [2.45, 2.75) is 33.8 Å². The number of carbonyl (C=O) groups is 2. The second kappa shape index (κ2) is 8.89. The zero-order valence-electron chi connectivity index (χ0n) is 15.5. The summed E-state index contributed by atoms with van der Waals surface area (Å²) in [4.78, 5) is 23.8. The Labute approximate surface area is 153 Å². The highest BCUT2D eigenvalue weighted by atomic mass is 16.6. The molecule has 2 aromatic rings. The average Bonchev–Trinajstić information content (AvgIpc) is 2.56. The molecule has 0 aliphatic rings. The second-order valence-electron chi connectivity index (χ2n) is 6.25. The lowest BCUT2D eigenvalue weighted by molar-refractivity contribution is 0.118. The summed E-state index contributed by atoms with van der Waals surface area (Å²) in [5.74, 6) is 0.462. The summed E-state index contributed by atoms with van der Waals surface area (Å²) in [6, 6.07) is 13.0. The lowest BCUT2D eigenvalue weighted by atomic mass is 10.1. The predicted molar refractivity (Wildman–Crippen MR) is 101 cm³/mol. The third kappa shape index (κ3) is 6.12. The Morgan fingerprint density at radius 1 is 1.00 bits per heavy atom. The molecule has 2 N–H and O–H groups in total. The Hall–Kier alpha value is -3.02. The van der Waals surface area contributed by atoms with E-state index in [1.807, 2.05) is 45.0 Å². The molecule has 0 aliphatic heterocycles. The van der Waals surface area contributed by atoms with Crippen LogP contribution in [0.1, 0.15) is 23.6 Å². The molecule has 0 saturated carbocycles. The molecule has 2 amide bonds. The molecule has 138 valence electrons. The summed E-state index contributed by atoms with van der Waals surface area (Å²) >= 11 is 0. The van der Waals surface area contributed by atoms with Gasteiger partial charge in [-0.05, 0) is 62.6 Å². The van der Waals surface area contributed by atoms with Gasteiger partial charge >= 0.3 is 12.2 Å². The summed E-state index contributed by atoms with van der Waals surface area (Å²) in [5.41, 5.74) is 3.68. The largest absolute Gasteiger partial charge is 0.444 e. The van der Waals surface area contributed by atoms with Crippen LogP contribution in [-0.2, 0) is 4.74 Å². The summed E-state index contributed by atoms with van der Waals surface area (Å²) in [7, 11) is 0. The maximum Gasteiger partial charge on any atom is 0.412 e. The van der Waals surface area contributed by atoms with Crippen molar-refractivity contribution < 1.29 is 19.1 Å². The summed E-state index contributed by atoms with van der Waals surface area (Å²) in [5, 5.41) is 5.28. The van der Waals surface area contributed by atoms with Gasteiger partial charge in [0.15, 0.2) is 0 Å². The maximum atomic E-state index is 12.0. The van der Waals surface area contributed by atoms with Gasteiger partial charge in [-0.25, -0.2) is 9.59 Å². The molecule has 0 aliphatic carbocycles. The molecule has 0 spiro atoms. The van der Waals surface area contributed by atoms with Gasteiger partial charge in [0.05, 0.1) is 6.54 Å². The molecule has 0 unspecified atom stereocenters. The molecule has 6 nitrogen and oxygen atoms in total. The third-order valence-electron chi connectivity index (χ3n) is 3.67. The maximum absolute atomic E-state index is 12.0. The first-order valence-electron chi connectivity index (χ1n) is 8.40. The second-order valence-corrected chi connectivity index (χ2v) is 6.25. The van der Waals surface area contributed by atoms with Gasteiger partial charge in [0.1, 0.15) is 11.9 Å². The Morgan fingerprint density at radius 3 is 2.46 bits per heavy atom. The average molecular weight is 356 g/mol. The number of hydrogen-bond donors (Lipinski definition) is 2. The van der Waals surface area contributed by atoms with E-state index in [0.29, 0.717) is 11.4 Å². The zero-order chi connectivity index (χ0) is 19.1. The van der Waals surface area contributed by atoms with Crippen LogP contribution in [0.15, 0.2) is 42.5 Å². The first kappa shape index (κ1) is 19.3. The van der Waals surface area contributed by atoms with Crippen LogP contribution in [0.3, 0.4) is 0 Å². The number of carbonyl (C=O) groups excluding carboxylic acids is 2. The topological polar surface area (TPSA) is 76.7 Å². The number of anilines is 1. The molecule has 0 bridgehead atoms. The van der Waals surface area contributed by atoms with Crippen molar-refractivity contribution in [2.75, 3.05) is 11.9 Å². The van der Waals surface area contributed by atoms with Crippen molar-refractivity contribution in [1.82, 2.24) is 5.32 Å². The normalized spacial score (nSPS) is 11.4. The molecule has 0 radical (unpaired) electrons. The van der Waals surface area contributed by atoms with E-state index in [4.69, 9.17) is 9.47 Å². The van der Waals surface area contributed by atoms with Crippen LogP contribution in [0, 0.1) is 20.8 Å². The molecule has 0 heterocycles. The number of hydrogen-bond acceptors (Lipinski definition) is 4. The number of amides is 2. The van der Waals surface area contributed by atoms with Crippen LogP contribution < -0.4 is 15.4 Å². The zero-order valence-corrected chi connectivity index (χ0v) is 15.5. The van der Waals surface area contributed by atoms with Gasteiger partial charge in [-0.3, -0.25) is 5.32 Å². The van der Waals surface area contributed by atoms with Crippen molar-refractivity contribution in [2.24, 2.45) is 0 Å². The fourth-order valence-electron chi connectivity index (χ4n) is 2.28. The van der Waals surface area contributed by atoms with Crippen LogP contribution in [0.5, 0.6) is 5.75 Å². The van der Waals surface area contributed by atoms with Crippen molar-refractivity contribution >= 4 is 17.9 Å². The van der Waals surface area contributed by atoms with Gasteiger partial charge in [0.25, 0.3) is 0 Å². The van der Waals surface area contributed by atoms with Crippen molar-refractivity contribution in [3.8, 4) is 5.75 Å². The molecular weight excluding hydrogens is 332 g/mol. The van der Waals surface area contributed by atoms with Gasteiger partial charge in [0.2, 0.25) is 0 Å². The highest BCUT2D eigenvalue weighted by Gasteiger charge is 2.13. The monoisotopic (exact) mass is 356 g/mol. The molecule has 1 atom stereocenters. The Morgan fingerprint density at radius 2 is 1.73 bits per heavy atom. The Balaban J connectivity index is 1.77. The van der Waals surface area contributed by atoms with E-state index in [1.165, 1.54) is 0 Å². The minimum atomic E-state index is -0.596. The summed E-state index contributed by atoms with van der Waals surface area (Å²) in [6.45, 7) is 7.60. The smallest absolute Gasteiger partial charge is 0.412 e. The lowest BCUT2D eigenvalue weighted by Gasteiger charge is -2.15. The molecule has 26 heavy (non-hydrogen) atoms. The van der Waals surface area contributed by atoms with E-state index in [1.54, 1.807) is 25.1 Å². The number of benzene rings is 2. The van der Waals surface area contributed by atoms with Crippen LogP contribution in [0.25, 0.3) is 0 Å². The standard InChI is InChI=1S/C20H24N2O4/c1-13-6-5-7-17(10-13)26-19(23)21-12-16(4)25-20(24)22-18-11-14(2)8-9-15(18)3/h5-11,16H,12H2,1-4H3,(H,21,23)(H,22,24)/t16-/m1/s1. The molecule has 2 aromatic carbocycles. The van der Waals surface area contributed by atoms with Gasteiger partial charge in [-0.1, -0.05) is 24.3 Å². The van der Waals surface area contributed by atoms with Crippen molar-refractivity contribution in [3.63, 3.8) is 0 Å². The quantitative estimate of drug-likeness (QED) is 0.836. The van der Waals surface area contributed by atoms with Crippen LogP contribution in [0.4, 0.5) is 15.3 Å². The highest BCUT2D eigenvalue weighted by Crippen LogP contribution is 2.16. The van der Waals surface area contributed by atoms with Crippen LogP contribution in [-0.4, -0.2) is 24.8 Å². The third-order valence-corrected chi connectivity index (χ3v) is 3.67. The fourth-order valence-corrected chi connectivity index (χ4v) is 2.28. The first-order chi connectivity index (χ1) is 12.3. The Kier molecular flexibility index (Phi) is 6.60. The van der Waals surface area contributed by atoms with Gasteiger partial charge in [-0.15, -0.1) is 0 Å². The van der Waals surface area contributed by atoms with E-state index in [2.05, 4.69) is 10.6 Å². The molecule has 0 aromatic heterocycles. The Bertz CT molecular complexity index is 789. The number of aryl methyl sites for hydroxylation is 3. The summed E-state index contributed by atoms with van der Waals surface area (Å²) in [6.07, 6.45) is -1.67.